The number of benzene rings is 2. The lowest BCUT2D eigenvalue weighted by Crippen LogP contribution is -2.00. The van der Waals surface area contributed by atoms with Crippen molar-refractivity contribution in [1.29, 1.82) is 5.26 Å². The third-order valence-electron chi connectivity index (χ3n) is 2.60. The van der Waals surface area contributed by atoms with Crippen LogP contribution in [0.25, 0.3) is 0 Å². The van der Waals surface area contributed by atoms with Gasteiger partial charge in [-0.15, -0.1) is 0 Å². The van der Waals surface area contributed by atoms with E-state index in [1.807, 2.05) is 30.3 Å². The quantitative estimate of drug-likeness (QED) is 0.808. The molecule has 90 valence electrons. The molecule has 0 spiro atoms. The summed E-state index contributed by atoms with van der Waals surface area (Å²) in [6.07, 6.45) is 0. The van der Waals surface area contributed by atoms with E-state index in [4.69, 9.17) is 15.7 Å². The third kappa shape index (κ3) is 2.20. The van der Waals surface area contributed by atoms with Crippen LogP contribution in [-0.4, -0.2) is 7.11 Å². The van der Waals surface area contributed by atoms with Crippen molar-refractivity contribution in [2.75, 3.05) is 18.2 Å². The highest BCUT2D eigenvalue weighted by atomic mass is 16.5. The predicted octanol–water partition coefficient (Wildman–Crippen LogP) is 2.89. The first kappa shape index (κ1) is 11.8. The average Bonchev–Trinajstić information content (AvgIpc) is 2.42. The van der Waals surface area contributed by atoms with Gasteiger partial charge in [-0.3, -0.25) is 0 Å². The molecule has 0 bridgehead atoms. The van der Waals surface area contributed by atoms with Crippen LogP contribution >= 0.6 is 0 Å². The molecule has 4 heteroatoms. The number of nitrogens with two attached hydrogens (primary N) is 1. The Morgan fingerprint density at radius 1 is 1.11 bits per heavy atom. The van der Waals surface area contributed by atoms with E-state index in [0.29, 0.717) is 17.0 Å². The smallest absolute Gasteiger partial charge is 0.143 e. The summed E-state index contributed by atoms with van der Waals surface area (Å²) in [6, 6.07) is 14.9. The van der Waals surface area contributed by atoms with Gasteiger partial charge in [-0.25, -0.2) is 0 Å². The summed E-state index contributed by atoms with van der Waals surface area (Å²) in [5, 5.41) is 12.2. The highest BCUT2D eigenvalue weighted by molar-refractivity contribution is 5.79. The Bertz CT molecular complexity index is 602. The molecule has 3 N–H and O–H groups in total. The fourth-order valence-corrected chi connectivity index (χ4v) is 1.67. The summed E-state index contributed by atoms with van der Waals surface area (Å²) in [4.78, 5) is 0. The Morgan fingerprint density at radius 3 is 2.56 bits per heavy atom. The molecule has 4 nitrogen and oxygen atoms in total. The van der Waals surface area contributed by atoms with E-state index in [-0.39, 0.29) is 0 Å². The lowest BCUT2D eigenvalue weighted by molar-refractivity contribution is 0.417. The zero-order valence-corrected chi connectivity index (χ0v) is 9.97. The Labute approximate surface area is 106 Å². The van der Waals surface area contributed by atoms with Gasteiger partial charge in [0.1, 0.15) is 11.8 Å². The number of rotatable bonds is 3. The van der Waals surface area contributed by atoms with Gasteiger partial charge in [-0.2, -0.15) is 5.26 Å². The fraction of sp³-hybridized carbons (Fsp3) is 0.0714. The van der Waals surface area contributed by atoms with E-state index in [2.05, 4.69) is 11.4 Å². The van der Waals surface area contributed by atoms with Gasteiger partial charge in [-0.05, 0) is 24.3 Å². The number of methoxy groups -OCH3 is 1. The third-order valence-corrected chi connectivity index (χ3v) is 2.60. The summed E-state index contributed by atoms with van der Waals surface area (Å²) < 4.78 is 5.15. The van der Waals surface area contributed by atoms with Crippen LogP contribution in [0.3, 0.4) is 0 Å². The first-order chi connectivity index (χ1) is 8.76. The summed E-state index contributed by atoms with van der Waals surface area (Å²) in [7, 11) is 1.57. The Balaban J connectivity index is 2.38. The minimum atomic E-state index is 0.521. The molecule has 0 atom stereocenters. The van der Waals surface area contributed by atoms with Crippen molar-refractivity contribution in [1.82, 2.24) is 0 Å². The van der Waals surface area contributed by atoms with Crippen LogP contribution in [0.2, 0.25) is 0 Å². The molecular weight excluding hydrogens is 226 g/mol. The second kappa shape index (κ2) is 5.11. The van der Waals surface area contributed by atoms with E-state index in [0.717, 1.165) is 11.4 Å². The number of hydrogen-bond donors (Lipinski definition) is 2. The molecule has 2 rings (SSSR count). The van der Waals surface area contributed by atoms with E-state index in [9.17, 15) is 0 Å². The highest BCUT2D eigenvalue weighted by Crippen LogP contribution is 2.31. The monoisotopic (exact) mass is 239 g/mol. The molecule has 0 aliphatic carbocycles. The molecular formula is C14H13N3O. The molecule has 0 saturated carbocycles. The molecule has 0 amide bonds. The van der Waals surface area contributed by atoms with Crippen LogP contribution in [0.5, 0.6) is 5.75 Å². The van der Waals surface area contributed by atoms with Crippen molar-refractivity contribution in [3.63, 3.8) is 0 Å². The first-order valence-electron chi connectivity index (χ1n) is 5.45. The van der Waals surface area contributed by atoms with Crippen LogP contribution in [0.4, 0.5) is 17.1 Å². The number of nitrogen functional groups attached to an aromatic ring is 1. The number of nitriles is 1. The van der Waals surface area contributed by atoms with Gasteiger partial charge in [0, 0.05) is 0 Å². The van der Waals surface area contributed by atoms with Crippen LogP contribution in [-0.2, 0) is 0 Å². The maximum atomic E-state index is 9.02. The van der Waals surface area contributed by atoms with Crippen molar-refractivity contribution < 1.29 is 4.74 Å². The molecule has 0 unspecified atom stereocenters. The Kier molecular flexibility index (Phi) is 3.35. The normalized spacial score (nSPS) is 9.56. The topological polar surface area (TPSA) is 71.1 Å². The number of hydrogen-bond acceptors (Lipinski definition) is 4. The maximum absolute atomic E-state index is 9.02. The summed E-state index contributed by atoms with van der Waals surface area (Å²) in [5.74, 6) is 0.606. The number of nitrogens with one attached hydrogen (secondary N) is 1. The first-order valence-corrected chi connectivity index (χ1v) is 5.45. The minimum Gasteiger partial charge on any atom is -0.495 e. The lowest BCUT2D eigenvalue weighted by Gasteiger charge is -2.12. The van der Waals surface area contributed by atoms with Gasteiger partial charge in [-0.1, -0.05) is 18.2 Å². The highest BCUT2D eigenvalue weighted by Gasteiger charge is 2.07. The zero-order valence-electron chi connectivity index (χ0n) is 9.97. The summed E-state index contributed by atoms with van der Waals surface area (Å²) in [6.45, 7) is 0. The van der Waals surface area contributed by atoms with Gasteiger partial charge in [0.05, 0.1) is 29.7 Å². The van der Waals surface area contributed by atoms with Crippen molar-refractivity contribution in [2.24, 2.45) is 0 Å². The molecule has 0 aliphatic rings. The van der Waals surface area contributed by atoms with Crippen LogP contribution in [0, 0.1) is 11.3 Å². The van der Waals surface area contributed by atoms with E-state index in [1.54, 1.807) is 19.2 Å². The Morgan fingerprint density at radius 2 is 1.83 bits per heavy atom. The van der Waals surface area contributed by atoms with Crippen LogP contribution in [0.15, 0.2) is 42.5 Å². The molecule has 0 aromatic heterocycles. The molecule has 0 radical (unpaired) electrons. The van der Waals surface area contributed by atoms with Crippen molar-refractivity contribution in [3.8, 4) is 11.8 Å². The number of anilines is 3. The van der Waals surface area contributed by atoms with E-state index >= 15 is 0 Å². The van der Waals surface area contributed by atoms with E-state index < -0.39 is 0 Å². The zero-order chi connectivity index (χ0) is 13.0. The predicted molar refractivity (Wildman–Crippen MR) is 71.8 cm³/mol. The number of ether oxygens (including phenoxy) is 1. The molecule has 2 aromatic carbocycles. The van der Waals surface area contributed by atoms with Gasteiger partial charge < -0.3 is 15.8 Å². The summed E-state index contributed by atoms with van der Waals surface area (Å²) in [5.41, 5.74) is 8.49. The van der Waals surface area contributed by atoms with Gasteiger partial charge in [0.25, 0.3) is 0 Å². The molecule has 2 aromatic rings. The average molecular weight is 239 g/mol. The van der Waals surface area contributed by atoms with Crippen LogP contribution < -0.4 is 15.8 Å². The largest absolute Gasteiger partial charge is 0.495 e. The van der Waals surface area contributed by atoms with E-state index in [1.165, 1.54) is 0 Å². The lowest BCUT2D eigenvalue weighted by atomic mass is 10.1. The van der Waals surface area contributed by atoms with Gasteiger partial charge in [0.2, 0.25) is 0 Å². The standard InChI is InChI=1S/C14H13N3O/c1-18-13-8-4-7-12(14(13)16)17-11-6-3-2-5-10(11)9-15/h2-8,17H,16H2,1H3. The summed E-state index contributed by atoms with van der Waals surface area (Å²) >= 11 is 0. The van der Waals surface area contributed by atoms with Crippen molar-refractivity contribution >= 4 is 17.1 Å². The van der Waals surface area contributed by atoms with Gasteiger partial charge >= 0.3 is 0 Å². The fourth-order valence-electron chi connectivity index (χ4n) is 1.67. The molecule has 18 heavy (non-hydrogen) atoms. The number of para-hydroxylation sites is 2. The van der Waals surface area contributed by atoms with Crippen molar-refractivity contribution in [2.45, 2.75) is 0 Å². The molecule has 0 saturated heterocycles. The minimum absolute atomic E-state index is 0.521. The van der Waals surface area contributed by atoms with Gasteiger partial charge in [0.15, 0.2) is 0 Å². The molecule has 0 fully saturated rings. The number of nitrogens with zero attached hydrogens (tertiary/aromatic N) is 1. The molecule has 0 heterocycles. The van der Waals surface area contributed by atoms with Crippen LogP contribution in [0.1, 0.15) is 5.56 Å². The maximum Gasteiger partial charge on any atom is 0.143 e. The Hall–Kier alpha value is -2.67. The SMILES string of the molecule is COc1cccc(Nc2ccccc2C#N)c1N. The molecule has 0 aliphatic heterocycles. The second-order valence-electron chi connectivity index (χ2n) is 3.70. The van der Waals surface area contributed by atoms with Crippen molar-refractivity contribution in [3.05, 3.63) is 48.0 Å². The second-order valence-corrected chi connectivity index (χ2v) is 3.70.